The molecule has 20 heavy (non-hydrogen) atoms. The molecule has 1 aliphatic heterocycles. The molecule has 1 aromatic carbocycles. The number of benzene rings is 1. The maximum absolute atomic E-state index is 6.33. The molecule has 1 N–H and O–H groups in total. The molecule has 2 nitrogen and oxygen atoms in total. The SMILES string of the molecule is CCCNC(c1cc(Cl)cc2c1OCC2)C1CCCC1. The van der Waals surface area contributed by atoms with Crippen molar-refractivity contribution in [3.63, 3.8) is 0 Å². The van der Waals surface area contributed by atoms with Gasteiger partial charge in [-0.05, 0) is 49.4 Å². The molecule has 0 amide bonds. The summed E-state index contributed by atoms with van der Waals surface area (Å²) in [5.74, 6) is 1.84. The number of rotatable bonds is 5. The van der Waals surface area contributed by atoms with Crippen molar-refractivity contribution in [3.8, 4) is 5.75 Å². The highest BCUT2D eigenvalue weighted by molar-refractivity contribution is 6.30. The first-order chi connectivity index (χ1) is 9.79. The molecule has 0 saturated heterocycles. The molecule has 1 atom stereocenters. The lowest BCUT2D eigenvalue weighted by atomic mass is 9.89. The molecule has 1 heterocycles. The van der Waals surface area contributed by atoms with Gasteiger partial charge in [0.15, 0.2) is 0 Å². The number of fused-ring (bicyclic) bond motifs is 1. The zero-order chi connectivity index (χ0) is 13.9. The fourth-order valence-corrected chi connectivity index (χ4v) is 3.90. The highest BCUT2D eigenvalue weighted by atomic mass is 35.5. The molecule has 0 bridgehead atoms. The third-order valence-corrected chi connectivity index (χ3v) is 4.82. The maximum Gasteiger partial charge on any atom is 0.127 e. The Bertz CT molecular complexity index is 468. The molecule has 1 aromatic rings. The Balaban J connectivity index is 1.93. The lowest BCUT2D eigenvalue weighted by Crippen LogP contribution is -2.28. The Hall–Kier alpha value is -0.730. The van der Waals surface area contributed by atoms with Crippen LogP contribution in [-0.2, 0) is 6.42 Å². The summed E-state index contributed by atoms with van der Waals surface area (Å²) in [4.78, 5) is 0. The lowest BCUT2D eigenvalue weighted by molar-refractivity contribution is 0.326. The summed E-state index contributed by atoms with van der Waals surface area (Å²) >= 11 is 6.33. The fourth-order valence-electron chi connectivity index (χ4n) is 3.65. The Kier molecular flexibility index (Phi) is 4.52. The van der Waals surface area contributed by atoms with Crippen LogP contribution in [0.5, 0.6) is 5.75 Å². The zero-order valence-corrected chi connectivity index (χ0v) is 13.0. The summed E-state index contributed by atoms with van der Waals surface area (Å²) in [7, 11) is 0. The molecule has 0 spiro atoms. The van der Waals surface area contributed by atoms with Crippen molar-refractivity contribution in [3.05, 3.63) is 28.3 Å². The molecule has 1 saturated carbocycles. The van der Waals surface area contributed by atoms with E-state index >= 15 is 0 Å². The largest absolute Gasteiger partial charge is 0.493 e. The van der Waals surface area contributed by atoms with E-state index in [1.54, 1.807) is 0 Å². The van der Waals surface area contributed by atoms with Gasteiger partial charge < -0.3 is 10.1 Å². The van der Waals surface area contributed by atoms with E-state index in [0.29, 0.717) is 6.04 Å². The number of halogens is 1. The predicted molar refractivity (Wildman–Crippen MR) is 83.6 cm³/mol. The Morgan fingerprint density at radius 3 is 2.90 bits per heavy atom. The minimum Gasteiger partial charge on any atom is -0.493 e. The third-order valence-electron chi connectivity index (χ3n) is 4.60. The number of nitrogens with one attached hydrogen (secondary N) is 1. The quantitative estimate of drug-likeness (QED) is 0.863. The predicted octanol–water partition coefficient (Wildman–Crippen LogP) is 4.51. The molecule has 3 heteroatoms. The summed E-state index contributed by atoms with van der Waals surface area (Å²) in [5, 5.41) is 4.60. The normalized spacial score (nSPS) is 19.9. The average molecular weight is 294 g/mol. The van der Waals surface area contributed by atoms with E-state index in [9.17, 15) is 0 Å². The van der Waals surface area contributed by atoms with Crippen molar-refractivity contribution in [1.82, 2.24) is 5.32 Å². The average Bonchev–Trinajstić information content (AvgIpc) is 3.09. The van der Waals surface area contributed by atoms with Gasteiger partial charge in [0.1, 0.15) is 5.75 Å². The van der Waals surface area contributed by atoms with Gasteiger partial charge in [0.25, 0.3) is 0 Å². The van der Waals surface area contributed by atoms with Crippen molar-refractivity contribution >= 4 is 11.6 Å². The highest BCUT2D eigenvalue weighted by Crippen LogP contribution is 2.43. The van der Waals surface area contributed by atoms with E-state index in [1.165, 1.54) is 36.8 Å². The van der Waals surface area contributed by atoms with Gasteiger partial charge in [0, 0.05) is 23.0 Å². The minimum atomic E-state index is 0.406. The Labute approximate surface area is 126 Å². The molecule has 1 unspecified atom stereocenters. The Morgan fingerprint density at radius 1 is 1.35 bits per heavy atom. The van der Waals surface area contributed by atoms with Gasteiger partial charge in [-0.25, -0.2) is 0 Å². The standard InChI is InChI=1S/C17H24ClNO/c1-2-8-19-16(12-5-3-4-6-12)15-11-14(18)10-13-7-9-20-17(13)15/h10-12,16,19H,2-9H2,1H3. The van der Waals surface area contributed by atoms with Crippen molar-refractivity contribution < 1.29 is 4.74 Å². The van der Waals surface area contributed by atoms with Crippen molar-refractivity contribution in [1.29, 1.82) is 0 Å². The van der Waals surface area contributed by atoms with Gasteiger partial charge in [-0.1, -0.05) is 31.4 Å². The van der Waals surface area contributed by atoms with Crippen LogP contribution in [0.1, 0.15) is 56.2 Å². The van der Waals surface area contributed by atoms with Crippen LogP contribution in [-0.4, -0.2) is 13.2 Å². The molecular weight excluding hydrogens is 270 g/mol. The van der Waals surface area contributed by atoms with Crippen LogP contribution in [0.3, 0.4) is 0 Å². The van der Waals surface area contributed by atoms with Gasteiger partial charge in [0.05, 0.1) is 6.61 Å². The lowest BCUT2D eigenvalue weighted by Gasteiger charge is -2.27. The van der Waals surface area contributed by atoms with Crippen molar-refractivity contribution in [2.24, 2.45) is 5.92 Å². The van der Waals surface area contributed by atoms with E-state index in [2.05, 4.69) is 24.4 Å². The van der Waals surface area contributed by atoms with Gasteiger partial charge in [0.2, 0.25) is 0 Å². The molecule has 0 radical (unpaired) electrons. The first-order valence-electron chi connectivity index (χ1n) is 7.98. The van der Waals surface area contributed by atoms with E-state index in [4.69, 9.17) is 16.3 Å². The van der Waals surface area contributed by atoms with Gasteiger partial charge in [-0.3, -0.25) is 0 Å². The number of ether oxygens (including phenoxy) is 1. The summed E-state index contributed by atoms with van der Waals surface area (Å²) < 4.78 is 5.91. The smallest absolute Gasteiger partial charge is 0.127 e. The summed E-state index contributed by atoms with van der Waals surface area (Å²) in [6.45, 7) is 4.08. The second-order valence-electron chi connectivity index (χ2n) is 6.06. The number of hydrogen-bond acceptors (Lipinski definition) is 2. The molecular formula is C17H24ClNO. The molecule has 2 aliphatic rings. The van der Waals surface area contributed by atoms with E-state index in [0.717, 1.165) is 42.7 Å². The molecule has 1 fully saturated rings. The maximum atomic E-state index is 6.33. The molecule has 1 aliphatic carbocycles. The van der Waals surface area contributed by atoms with Gasteiger partial charge in [-0.2, -0.15) is 0 Å². The molecule has 0 aromatic heterocycles. The van der Waals surface area contributed by atoms with Crippen molar-refractivity contribution in [2.75, 3.05) is 13.2 Å². The van der Waals surface area contributed by atoms with E-state index < -0.39 is 0 Å². The Morgan fingerprint density at radius 2 is 2.15 bits per heavy atom. The zero-order valence-electron chi connectivity index (χ0n) is 12.3. The first-order valence-corrected chi connectivity index (χ1v) is 8.36. The van der Waals surface area contributed by atoms with E-state index in [-0.39, 0.29) is 0 Å². The topological polar surface area (TPSA) is 21.3 Å². The van der Waals surface area contributed by atoms with Crippen molar-refractivity contribution in [2.45, 2.75) is 51.5 Å². The minimum absolute atomic E-state index is 0.406. The molecule has 3 rings (SSSR count). The van der Waals surface area contributed by atoms with Crippen LogP contribution in [0.25, 0.3) is 0 Å². The molecule has 110 valence electrons. The van der Waals surface area contributed by atoms with Crippen LogP contribution in [0, 0.1) is 5.92 Å². The van der Waals surface area contributed by atoms with Crippen LogP contribution in [0.15, 0.2) is 12.1 Å². The van der Waals surface area contributed by atoms with Crippen LogP contribution in [0.4, 0.5) is 0 Å². The summed E-state index contributed by atoms with van der Waals surface area (Å²) in [6.07, 6.45) is 7.52. The van der Waals surface area contributed by atoms with Crippen LogP contribution < -0.4 is 10.1 Å². The third kappa shape index (κ3) is 2.82. The highest BCUT2D eigenvalue weighted by Gasteiger charge is 2.30. The number of hydrogen-bond donors (Lipinski definition) is 1. The van der Waals surface area contributed by atoms with Gasteiger partial charge in [-0.15, -0.1) is 0 Å². The monoisotopic (exact) mass is 293 g/mol. The second kappa shape index (κ2) is 6.36. The van der Waals surface area contributed by atoms with Crippen LogP contribution >= 0.6 is 11.6 Å². The van der Waals surface area contributed by atoms with Crippen LogP contribution in [0.2, 0.25) is 5.02 Å². The second-order valence-corrected chi connectivity index (χ2v) is 6.49. The van der Waals surface area contributed by atoms with E-state index in [1.807, 2.05) is 0 Å². The first kappa shape index (κ1) is 14.2. The fraction of sp³-hybridized carbons (Fsp3) is 0.647. The summed E-state index contributed by atoms with van der Waals surface area (Å²) in [6, 6.07) is 4.60. The van der Waals surface area contributed by atoms with Gasteiger partial charge >= 0.3 is 0 Å². The summed E-state index contributed by atoms with van der Waals surface area (Å²) in [5.41, 5.74) is 2.58.